The van der Waals surface area contributed by atoms with E-state index < -0.39 is 65.4 Å². The molecule has 8 amide bonds. The van der Waals surface area contributed by atoms with Crippen LogP contribution in [0.3, 0.4) is 0 Å². The van der Waals surface area contributed by atoms with Crippen molar-refractivity contribution in [1.82, 2.24) is 36.1 Å². The summed E-state index contributed by atoms with van der Waals surface area (Å²) < 4.78 is 31.9. The van der Waals surface area contributed by atoms with E-state index in [0.29, 0.717) is 87.5 Å². The van der Waals surface area contributed by atoms with Gasteiger partial charge in [0.2, 0.25) is 35.1 Å². The summed E-state index contributed by atoms with van der Waals surface area (Å²) in [4.78, 5) is 123. The number of fused-ring (bicyclic) bond motifs is 4. The van der Waals surface area contributed by atoms with E-state index in [-0.39, 0.29) is 94.9 Å². The number of rotatable bonds is 22. The van der Waals surface area contributed by atoms with Crippen LogP contribution in [0.1, 0.15) is 126 Å². The smallest absolute Gasteiger partial charge is 0.407 e. The van der Waals surface area contributed by atoms with Crippen molar-refractivity contribution in [3.63, 3.8) is 0 Å². The number of alkyl carbamates (subject to hydrolysis) is 1. The lowest BCUT2D eigenvalue weighted by molar-refractivity contribution is -0.179. The average Bonchev–Trinajstić information content (AvgIpc) is 3.92. The summed E-state index contributed by atoms with van der Waals surface area (Å²) in [5.74, 6) is -4.05. The molecule has 7 rings (SSSR count). The SMILES string of the molecule is CC[C@@]1(OC(C)=O)C(=O)OCC2=C1CC1c3nc4cc(F)c(C)cc4c(CNC(=O)OCc4ccc(NC(=O)[C@H](CCCNC(N)=O)NC(=O)[C@@H](NC(=O)CCCCCN5C(=O)CCC5=O)C(C)C)cc4)c3CN1C2=S. The summed E-state index contributed by atoms with van der Waals surface area (Å²) in [7, 11) is 0. The normalized spacial score (nSPS) is 18.6. The van der Waals surface area contributed by atoms with E-state index in [1.165, 1.54) is 17.9 Å². The van der Waals surface area contributed by atoms with E-state index in [1.807, 2.05) is 4.90 Å². The summed E-state index contributed by atoms with van der Waals surface area (Å²) >= 11 is 5.99. The summed E-state index contributed by atoms with van der Waals surface area (Å²) in [6.45, 7) is 8.55. The van der Waals surface area contributed by atoms with Gasteiger partial charge in [-0.2, -0.15) is 0 Å². The van der Waals surface area contributed by atoms with Gasteiger partial charge in [-0.15, -0.1) is 0 Å². The molecule has 5 heterocycles. The number of nitrogens with zero attached hydrogens (tertiary/aromatic N) is 3. The molecular formula is C53H64FN9O12S. The lowest BCUT2D eigenvalue weighted by atomic mass is 9.78. The number of aromatic nitrogens is 1. The standard InChI is InChI=1S/C53H64FN9O12S/c1-6-53(75-30(5)64)37-22-41-46-35(25-63(41)49(76)36(37)27-73-50(53)70)34(33-21-29(4)38(54)23-40(33)59-46)24-57-52(72)74-26-31-13-15-32(16-14-31)58-47(68)39(11-10-19-56-51(55)71)60-48(69)45(28(2)3)61-42(65)12-8-7-9-20-62-43(66)17-18-44(62)67/h13-16,21,23,28,39,41,45H,6-12,17-20,22,24-27H2,1-5H3,(H,57,72)(H,58,68)(H,60,69)(H,61,65)(H3,55,56,71)/t39-,41?,45-,53-/m0/s1. The minimum atomic E-state index is -1.66. The summed E-state index contributed by atoms with van der Waals surface area (Å²) in [6.07, 6.45) is 2.14. The Balaban J connectivity index is 0.960. The number of likely N-dealkylation sites (tertiary alicyclic amines) is 1. The minimum Gasteiger partial charge on any atom is -0.457 e. The molecule has 1 unspecified atom stereocenters. The number of primary amides is 1. The molecular weight excluding hydrogens is 1010 g/mol. The van der Waals surface area contributed by atoms with Crippen LogP contribution in [0.5, 0.6) is 0 Å². The average molecular weight is 1070 g/mol. The van der Waals surface area contributed by atoms with Crippen LogP contribution < -0.4 is 32.3 Å². The van der Waals surface area contributed by atoms with Crippen molar-refractivity contribution in [1.29, 1.82) is 0 Å². The lowest BCUT2D eigenvalue weighted by Crippen LogP contribution is -2.54. The first-order chi connectivity index (χ1) is 36.2. The van der Waals surface area contributed by atoms with Gasteiger partial charge in [-0.3, -0.25) is 38.7 Å². The number of esters is 2. The Hall–Kier alpha value is -7.56. The number of imide groups is 1. The summed E-state index contributed by atoms with van der Waals surface area (Å²) in [5.41, 5.74) is 8.36. The molecule has 4 atom stereocenters. The van der Waals surface area contributed by atoms with Crippen molar-refractivity contribution < 1.29 is 61.8 Å². The van der Waals surface area contributed by atoms with Crippen molar-refractivity contribution in [2.24, 2.45) is 11.7 Å². The van der Waals surface area contributed by atoms with Gasteiger partial charge in [0.25, 0.3) is 0 Å². The van der Waals surface area contributed by atoms with E-state index in [2.05, 4.69) is 26.6 Å². The number of carbonyl (C=O) groups is 9. The number of thiocarbonyl (C=S) groups is 1. The van der Waals surface area contributed by atoms with E-state index in [1.54, 1.807) is 58.0 Å². The third-order valence-electron chi connectivity index (χ3n) is 14.1. The molecule has 7 N–H and O–H groups in total. The summed E-state index contributed by atoms with van der Waals surface area (Å²) in [5, 5.41) is 14.2. The fourth-order valence-corrected chi connectivity index (χ4v) is 10.4. The number of urea groups is 1. The van der Waals surface area contributed by atoms with E-state index in [9.17, 15) is 43.2 Å². The van der Waals surface area contributed by atoms with Crippen LogP contribution in [-0.4, -0.2) is 111 Å². The quantitative estimate of drug-likeness (QED) is 0.0254. The Labute approximate surface area is 443 Å². The van der Waals surface area contributed by atoms with Crippen LogP contribution in [0.25, 0.3) is 10.9 Å². The second kappa shape index (κ2) is 24.4. The maximum atomic E-state index is 15.1. The maximum Gasteiger partial charge on any atom is 0.407 e. The van der Waals surface area contributed by atoms with Crippen molar-refractivity contribution in [3.8, 4) is 0 Å². The van der Waals surface area contributed by atoms with Gasteiger partial charge in [-0.05, 0) is 91.8 Å². The van der Waals surface area contributed by atoms with Crippen molar-refractivity contribution in [2.75, 3.05) is 25.0 Å². The minimum absolute atomic E-state index is 0.0278. The van der Waals surface area contributed by atoms with Gasteiger partial charge in [0.05, 0.1) is 17.3 Å². The first kappa shape index (κ1) is 56.2. The Bertz CT molecular complexity index is 2860. The molecule has 4 aliphatic rings. The first-order valence-corrected chi connectivity index (χ1v) is 25.9. The van der Waals surface area contributed by atoms with Crippen LogP contribution in [0, 0.1) is 18.7 Å². The number of pyridine rings is 1. The molecule has 0 bridgehead atoms. The number of amides is 8. The van der Waals surface area contributed by atoms with Crippen LogP contribution >= 0.6 is 12.2 Å². The highest BCUT2D eigenvalue weighted by atomic mass is 32.1. The van der Waals surface area contributed by atoms with Crippen molar-refractivity contribution in [2.45, 2.75) is 142 Å². The Kier molecular flexibility index (Phi) is 18.0. The lowest BCUT2D eigenvalue weighted by Gasteiger charge is -2.44. The van der Waals surface area contributed by atoms with E-state index in [0.717, 1.165) is 5.56 Å². The number of ether oxygens (including phenoxy) is 3. The number of unbranched alkanes of at least 4 members (excludes halogenated alkanes) is 2. The zero-order valence-electron chi connectivity index (χ0n) is 43.2. The van der Waals surface area contributed by atoms with Crippen LogP contribution in [0.15, 0.2) is 47.5 Å². The largest absolute Gasteiger partial charge is 0.457 e. The van der Waals surface area contributed by atoms with Gasteiger partial charge in [0, 0.05) is 80.6 Å². The molecule has 3 aromatic rings. The van der Waals surface area contributed by atoms with Gasteiger partial charge in [0.1, 0.15) is 36.1 Å². The van der Waals surface area contributed by atoms with Gasteiger partial charge in [-0.1, -0.05) is 51.5 Å². The molecule has 0 radical (unpaired) electrons. The van der Waals surface area contributed by atoms with Crippen LogP contribution in [0.4, 0.5) is 19.7 Å². The second-order valence-electron chi connectivity index (χ2n) is 19.7. The molecule has 4 aliphatic heterocycles. The Morgan fingerprint density at radius 1 is 0.974 bits per heavy atom. The number of halogens is 1. The van der Waals surface area contributed by atoms with Gasteiger partial charge in [-0.25, -0.2) is 18.8 Å². The van der Waals surface area contributed by atoms with E-state index in [4.69, 9.17) is 37.1 Å². The van der Waals surface area contributed by atoms with Crippen LogP contribution in [-0.2, 0) is 67.5 Å². The zero-order valence-corrected chi connectivity index (χ0v) is 44.0. The fraction of sp³-hybridized carbons (Fsp3) is 0.491. The van der Waals surface area contributed by atoms with Gasteiger partial charge < -0.3 is 51.4 Å². The fourth-order valence-electron chi connectivity index (χ4n) is 10.1. The van der Waals surface area contributed by atoms with Crippen LogP contribution in [0.2, 0.25) is 0 Å². The molecule has 21 nitrogen and oxygen atoms in total. The molecule has 2 aromatic carbocycles. The number of nitrogens with one attached hydrogen (secondary N) is 5. The number of hydrogen-bond acceptors (Lipinski definition) is 14. The van der Waals surface area contributed by atoms with Crippen molar-refractivity contribution >= 4 is 87.4 Å². The molecule has 406 valence electrons. The van der Waals surface area contributed by atoms with Gasteiger partial charge in [0.15, 0.2) is 0 Å². The number of hydrogen-bond donors (Lipinski definition) is 6. The number of benzene rings is 2. The van der Waals surface area contributed by atoms with E-state index >= 15 is 4.39 Å². The predicted molar refractivity (Wildman–Crippen MR) is 277 cm³/mol. The number of aryl methyl sites for hydroxylation is 1. The second-order valence-corrected chi connectivity index (χ2v) is 20.1. The first-order valence-electron chi connectivity index (χ1n) is 25.5. The highest BCUT2D eigenvalue weighted by Gasteiger charge is 2.55. The molecule has 0 spiro atoms. The number of cyclic esters (lactones) is 1. The highest BCUT2D eigenvalue weighted by molar-refractivity contribution is 7.80. The number of anilines is 1. The van der Waals surface area contributed by atoms with Crippen molar-refractivity contribution in [3.05, 3.63) is 81.3 Å². The highest BCUT2D eigenvalue weighted by Crippen LogP contribution is 2.50. The maximum absolute atomic E-state index is 15.1. The third-order valence-corrected chi connectivity index (χ3v) is 14.6. The number of carbonyl (C=O) groups excluding carboxylic acids is 9. The number of nitrogens with two attached hydrogens (primary N) is 1. The Morgan fingerprint density at radius 3 is 2.37 bits per heavy atom. The molecule has 1 saturated heterocycles. The Morgan fingerprint density at radius 2 is 1.70 bits per heavy atom. The molecule has 1 fully saturated rings. The molecule has 0 aliphatic carbocycles. The zero-order chi connectivity index (χ0) is 55.0. The third kappa shape index (κ3) is 12.7. The van der Waals surface area contributed by atoms with Gasteiger partial charge >= 0.3 is 24.1 Å². The molecule has 1 aromatic heterocycles. The molecule has 0 saturated carbocycles. The monoisotopic (exact) mass is 1070 g/mol. The predicted octanol–water partition coefficient (Wildman–Crippen LogP) is 4.98. The molecule has 76 heavy (non-hydrogen) atoms. The topological polar surface area (TPSA) is 287 Å². The summed E-state index contributed by atoms with van der Waals surface area (Å²) in [6, 6.07) is 6.19. The molecule has 23 heteroatoms.